The molecule has 0 rings (SSSR count). The molecule has 0 saturated heterocycles. The van der Waals surface area contributed by atoms with Crippen LogP contribution < -0.4 is 5.32 Å². The standard InChI is InChI=1S/C13H25NO3/c1-12(2,3)10(17-13(4,5)6)11(16)14-8-7-9-15/h9-10H,7-8H2,1-6H3,(H,14,16). The summed E-state index contributed by atoms with van der Waals surface area (Å²) in [7, 11) is 0. The zero-order valence-corrected chi connectivity index (χ0v) is 11.8. The molecule has 0 aromatic carbocycles. The molecule has 0 aliphatic carbocycles. The predicted octanol–water partition coefficient (Wildman–Crippen LogP) is 1.92. The molecule has 0 radical (unpaired) electrons. The van der Waals surface area contributed by atoms with Crippen LogP contribution in [0.1, 0.15) is 48.0 Å². The Kier molecular flexibility index (Phi) is 5.82. The second-order valence-electron chi connectivity index (χ2n) is 6.22. The van der Waals surface area contributed by atoms with Gasteiger partial charge >= 0.3 is 0 Å². The molecule has 1 atom stereocenters. The van der Waals surface area contributed by atoms with Gasteiger partial charge in [-0.25, -0.2) is 0 Å². The number of amides is 1. The lowest BCUT2D eigenvalue weighted by Crippen LogP contribution is -2.48. The van der Waals surface area contributed by atoms with Crippen LogP contribution in [0.15, 0.2) is 0 Å². The summed E-state index contributed by atoms with van der Waals surface area (Å²) in [5, 5.41) is 2.72. The SMILES string of the molecule is CC(C)(C)OC(C(=O)NCCC=O)C(C)(C)C. The molecule has 17 heavy (non-hydrogen) atoms. The number of carbonyl (C=O) groups excluding carboxylic acids is 2. The fraction of sp³-hybridized carbons (Fsp3) is 0.846. The topological polar surface area (TPSA) is 55.4 Å². The van der Waals surface area contributed by atoms with Gasteiger partial charge in [0.05, 0.1) is 5.60 Å². The van der Waals surface area contributed by atoms with Gasteiger partial charge in [0.15, 0.2) is 0 Å². The number of ether oxygens (including phenoxy) is 1. The summed E-state index contributed by atoms with van der Waals surface area (Å²) in [6, 6.07) is 0. The molecule has 0 aliphatic heterocycles. The van der Waals surface area contributed by atoms with Crippen LogP contribution in [-0.4, -0.2) is 30.4 Å². The van der Waals surface area contributed by atoms with Gasteiger partial charge in [-0.15, -0.1) is 0 Å². The van der Waals surface area contributed by atoms with Crippen molar-refractivity contribution in [2.45, 2.75) is 59.7 Å². The highest BCUT2D eigenvalue weighted by atomic mass is 16.5. The van der Waals surface area contributed by atoms with Gasteiger partial charge in [-0.05, 0) is 26.2 Å². The van der Waals surface area contributed by atoms with Crippen molar-refractivity contribution in [2.24, 2.45) is 5.41 Å². The highest BCUT2D eigenvalue weighted by Crippen LogP contribution is 2.26. The smallest absolute Gasteiger partial charge is 0.249 e. The van der Waals surface area contributed by atoms with Gasteiger partial charge in [-0.3, -0.25) is 4.79 Å². The Labute approximate surface area is 104 Å². The van der Waals surface area contributed by atoms with Crippen LogP contribution in [-0.2, 0) is 14.3 Å². The summed E-state index contributed by atoms with van der Waals surface area (Å²) in [6.45, 7) is 12.0. The van der Waals surface area contributed by atoms with Crippen molar-refractivity contribution in [1.82, 2.24) is 5.32 Å². The van der Waals surface area contributed by atoms with Gasteiger partial charge in [-0.2, -0.15) is 0 Å². The van der Waals surface area contributed by atoms with Crippen molar-refractivity contribution in [2.75, 3.05) is 6.54 Å². The van der Waals surface area contributed by atoms with Gasteiger partial charge in [0.25, 0.3) is 0 Å². The number of hydrogen-bond donors (Lipinski definition) is 1. The quantitative estimate of drug-likeness (QED) is 0.593. The first kappa shape index (κ1) is 16.1. The molecule has 0 aliphatic rings. The van der Waals surface area contributed by atoms with Crippen LogP contribution in [0.5, 0.6) is 0 Å². The number of rotatable bonds is 5. The Bertz CT molecular complexity index is 261. The fourth-order valence-electron chi connectivity index (χ4n) is 1.32. The van der Waals surface area contributed by atoms with E-state index in [-0.39, 0.29) is 16.9 Å². The van der Waals surface area contributed by atoms with Crippen molar-refractivity contribution in [3.8, 4) is 0 Å². The van der Waals surface area contributed by atoms with E-state index in [1.807, 2.05) is 41.5 Å². The molecule has 100 valence electrons. The number of hydrogen-bond acceptors (Lipinski definition) is 3. The number of nitrogens with one attached hydrogen (secondary N) is 1. The lowest BCUT2D eigenvalue weighted by Gasteiger charge is -2.35. The Morgan fingerprint density at radius 2 is 1.76 bits per heavy atom. The minimum absolute atomic E-state index is 0.158. The van der Waals surface area contributed by atoms with E-state index >= 15 is 0 Å². The van der Waals surface area contributed by atoms with Crippen LogP contribution in [0.2, 0.25) is 0 Å². The molecule has 1 N–H and O–H groups in total. The molecular weight excluding hydrogens is 218 g/mol. The first-order chi connectivity index (χ1) is 7.58. The van der Waals surface area contributed by atoms with Gasteiger partial charge in [-0.1, -0.05) is 20.8 Å². The highest BCUT2D eigenvalue weighted by Gasteiger charge is 2.35. The van der Waals surface area contributed by atoms with E-state index < -0.39 is 6.10 Å². The summed E-state index contributed by atoms with van der Waals surface area (Å²) in [6.07, 6.45) is 0.601. The molecule has 0 bridgehead atoms. The van der Waals surface area contributed by atoms with E-state index in [0.29, 0.717) is 13.0 Å². The second-order valence-corrected chi connectivity index (χ2v) is 6.22. The third-order valence-corrected chi connectivity index (χ3v) is 2.06. The van der Waals surface area contributed by atoms with Crippen LogP contribution in [0.25, 0.3) is 0 Å². The minimum atomic E-state index is -0.519. The van der Waals surface area contributed by atoms with Gasteiger partial charge in [0.1, 0.15) is 12.4 Å². The summed E-state index contributed by atoms with van der Waals surface area (Å²) in [5.74, 6) is -0.158. The van der Waals surface area contributed by atoms with Crippen molar-refractivity contribution in [1.29, 1.82) is 0 Å². The first-order valence-corrected chi connectivity index (χ1v) is 5.97. The van der Waals surface area contributed by atoms with E-state index in [4.69, 9.17) is 4.74 Å². The van der Waals surface area contributed by atoms with E-state index in [9.17, 15) is 9.59 Å². The minimum Gasteiger partial charge on any atom is -0.362 e. The van der Waals surface area contributed by atoms with Crippen LogP contribution in [0.3, 0.4) is 0 Å². The third-order valence-electron chi connectivity index (χ3n) is 2.06. The van der Waals surface area contributed by atoms with Crippen molar-refractivity contribution < 1.29 is 14.3 Å². The Morgan fingerprint density at radius 3 is 2.12 bits per heavy atom. The Hall–Kier alpha value is -0.900. The molecule has 0 saturated carbocycles. The van der Waals surface area contributed by atoms with Gasteiger partial charge in [0, 0.05) is 13.0 Å². The van der Waals surface area contributed by atoms with Crippen molar-refractivity contribution in [3.63, 3.8) is 0 Å². The molecular formula is C13H25NO3. The average molecular weight is 243 g/mol. The van der Waals surface area contributed by atoms with E-state index in [1.165, 1.54) is 0 Å². The van der Waals surface area contributed by atoms with Crippen molar-refractivity contribution in [3.05, 3.63) is 0 Å². The van der Waals surface area contributed by atoms with E-state index in [2.05, 4.69) is 5.32 Å². The van der Waals surface area contributed by atoms with Crippen LogP contribution in [0, 0.1) is 5.41 Å². The summed E-state index contributed by atoms with van der Waals surface area (Å²) < 4.78 is 5.79. The maximum atomic E-state index is 12.0. The number of carbonyl (C=O) groups is 2. The van der Waals surface area contributed by atoms with Crippen LogP contribution >= 0.6 is 0 Å². The predicted molar refractivity (Wildman–Crippen MR) is 67.8 cm³/mol. The lowest BCUT2D eigenvalue weighted by atomic mass is 9.87. The molecule has 0 aromatic heterocycles. The zero-order chi connectivity index (χ0) is 13.7. The first-order valence-electron chi connectivity index (χ1n) is 5.97. The Morgan fingerprint density at radius 1 is 1.24 bits per heavy atom. The van der Waals surface area contributed by atoms with Crippen molar-refractivity contribution >= 4 is 12.2 Å². The maximum absolute atomic E-state index is 12.0. The monoisotopic (exact) mass is 243 g/mol. The van der Waals surface area contributed by atoms with E-state index in [0.717, 1.165) is 6.29 Å². The normalized spacial score (nSPS) is 14.2. The van der Waals surface area contributed by atoms with Gasteiger partial charge in [0.2, 0.25) is 5.91 Å². The van der Waals surface area contributed by atoms with Crippen LogP contribution in [0.4, 0.5) is 0 Å². The zero-order valence-electron chi connectivity index (χ0n) is 11.8. The summed E-state index contributed by atoms with van der Waals surface area (Å²) >= 11 is 0. The second kappa shape index (κ2) is 6.15. The Balaban J connectivity index is 4.59. The average Bonchev–Trinajstić information content (AvgIpc) is 2.11. The molecule has 1 amide bonds. The molecule has 4 heteroatoms. The largest absolute Gasteiger partial charge is 0.362 e. The highest BCUT2D eigenvalue weighted by molar-refractivity contribution is 5.81. The number of aldehydes is 1. The summed E-state index contributed by atoms with van der Waals surface area (Å²) in [5.41, 5.74) is -0.654. The summed E-state index contributed by atoms with van der Waals surface area (Å²) in [4.78, 5) is 22.2. The lowest BCUT2D eigenvalue weighted by molar-refractivity contribution is -0.154. The van der Waals surface area contributed by atoms with E-state index in [1.54, 1.807) is 0 Å². The molecule has 0 fully saturated rings. The third kappa shape index (κ3) is 7.10. The fourth-order valence-corrected chi connectivity index (χ4v) is 1.32. The molecule has 0 spiro atoms. The molecule has 1 unspecified atom stereocenters. The van der Waals surface area contributed by atoms with Gasteiger partial charge < -0.3 is 14.8 Å². The molecule has 4 nitrogen and oxygen atoms in total. The molecule has 0 heterocycles. The molecule has 0 aromatic rings. The maximum Gasteiger partial charge on any atom is 0.249 e.